The van der Waals surface area contributed by atoms with Crippen molar-refractivity contribution in [2.24, 2.45) is 5.92 Å². The fourth-order valence-electron chi connectivity index (χ4n) is 2.24. The molecule has 0 spiro atoms. The molecule has 18 heavy (non-hydrogen) atoms. The predicted molar refractivity (Wildman–Crippen MR) is 74.4 cm³/mol. The summed E-state index contributed by atoms with van der Waals surface area (Å²) in [6.07, 6.45) is 4.68. The van der Waals surface area contributed by atoms with Gasteiger partial charge in [0.05, 0.1) is 30.0 Å². The maximum Gasteiger partial charge on any atom is 0.0959 e. The van der Waals surface area contributed by atoms with E-state index in [9.17, 15) is 5.11 Å². The third kappa shape index (κ3) is 3.33. The Morgan fingerprint density at radius 1 is 1.22 bits per heavy atom. The largest absolute Gasteiger partial charge is 0.391 e. The highest BCUT2D eigenvalue weighted by Gasteiger charge is 2.08. The molecule has 1 aromatic heterocycles. The number of imidazole rings is 1. The van der Waals surface area contributed by atoms with E-state index in [0.717, 1.165) is 23.9 Å². The quantitative estimate of drug-likeness (QED) is 0.849. The molecule has 1 heterocycles. The van der Waals surface area contributed by atoms with Gasteiger partial charge < -0.3 is 9.67 Å². The van der Waals surface area contributed by atoms with Crippen molar-refractivity contribution >= 4 is 11.0 Å². The Bertz CT molecular complexity index is 490. The zero-order chi connectivity index (χ0) is 13.0. The topological polar surface area (TPSA) is 38.0 Å². The summed E-state index contributed by atoms with van der Waals surface area (Å²) in [7, 11) is 0. The first-order valence-corrected chi connectivity index (χ1v) is 6.74. The molecule has 1 aromatic carbocycles. The molecule has 2 aromatic rings. The first kappa shape index (κ1) is 13.1. The molecule has 0 saturated heterocycles. The molecule has 0 bridgehead atoms. The molecule has 0 radical (unpaired) electrons. The average Bonchev–Trinajstić information content (AvgIpc) is 2.72. The third-order valence-corrected chi connectivity index (χ3v) is 3.25. The molecule has 2 rings (SSSR count). The van der Waals surface area contributed by atoms with E-state index in [4.69, 9.17) is 0 Å². The number of benzene rings is 1. The fourth-order valence-corrected chi connectivity index (χ4v) is 2.24. The standard InChI is InChI=1S/C15H22N2O/c1-12(2)6-5-7-13(18)10-17-11-16-14-8-3-4-9-15(14)17/h3-4,8-9,11-13,18H,5-7,10H2,1-2H3. The number of rotatable bonds is 6. The van der Waals surface area contributed by atoms with Crippen LogP contribution in [0.1, 0.15) is 33.1 Å². The number of para-hydroxylation sites is 2. The van der Waals surface area contributed by atoms with Crippen molar-refractivity contribution in [2.75, 3.05) is 0 Å². The molecule has 0 aliphatic heterocycles. The number of hydrogen-bond donors (Lipinski definition) is 1. The lowest BCUT2D eigenvalue weighted by Crippen LogP contribution is -2.15. The Labute approximate surface area is 108 Å². The van der Waals surface area contributed by atoms with E-state index in [-0.39, 0.29) is 6.10 Å². The van der Waals surface area contributed by atoms with E-state index in [1.54, 1.807) is 0 Å². The Morgan fingerprint density at radius 2 is 2.00 bits per heavy atom. The number of fused-ring (bicyclic) bond motifs is 1. The molecule has 1 unspecified atom stereocenters. The van der Waals surface area contributed by atoms with Crippen LogP contribution in [0.5, 0.6) is 0 Å². The van der Waals surface area contributed by atoms with Crippen LogP contribution < -0.4 is 0 Å². The van der Waals surface area contributed by atoms with E-state index < -0.39 is 0 Å². The fraction of sp³-hybridized carbons (Fsp3) is 0.533. The first-order chi connectivity index (χ1) is 8.66. The molecular formula is C15H22N2O. The first-order valence-electron chi connectivity index (χ1n) is 6.74. The molecular weight excluding hydrogens is 224 g/mol. The van der Waals surface area contributed by atoms with Crippen LogP contribution in [0.25, 0.3) is 11.0 Å². The maximum absolute atomic E-state index is 10.0. The van der Waals surface area contributed by atoms with Crippen molar-refractivity contribution in [2.45, 2.75) is 45.8 Å². The van der Waals surface area contributed by atoms with Crippen molar-refractivity contribution in [3.8, 4) is 0 Å². The van der Waals surface area contributed by atoms with Crippen molar-refractivity contribution in [3.05, 3.63) is 30.6 Å². The minimum absolute atomic E-state index is 0.277. The summed E-state index contributed by atoms with van der Waals surface area (Å²) >= 11 is 0. The molecule has 3 heteroatoms. The summed E-state index contributed by atoms with van der Waals surface area (Å²) in [4.78, 5) is 4.33. The van der Waals surface area contributed by atoms with E-state index in [1.165, 1.54) is 6.42 Å². The van der Waals surface area contributed by atoms with Gasteiger partial charge in [0.15, 0.2) is 0 Å². The van der Waals surface area contributed by atoms with Crippen LogP contribution in [0.15, 0.2) is 30.6 Å². The van der Waals surface area contributed by atoms with E-state index in [1.807, 2.05) is 35.2 Å². The Hall–Kier alpha value is -1.35. The minimum atomic E-state index is -0.277. The van der Waals surface area contributed by atoms with Crippen molar-refractivity contribution in [3.63, 3.8) is 0 Å². The van der Waals surface area contributed by atoms with Gasteiger partial charge in [-0.15, -0.1) is 0 Å². The highest BCUT2D eigenvalue weighted by molar-refractivity contribution is 5.74. The predicted octanol–water partition coefficient (Wildman–Crippen LogP) is 3.22. The molecule has 0 saturated carbocycles. The molecule has 3 nitrogen and oxygen atoms in total. The minimum Gasteiger partial charge on any atom is -0.391 e. The van der Waals surface area contributed by atoms with Gasteiger partial charge in [0, 0.05) is 0 Å². The SMILES string of the molecule is CC(C)CCCC(O)Cn1cnc2ccccc21. The van der Waals surface area contributed by atoms with Crippen LogP contribution in [0.2, 0.25) is 0 Å². The lowest BCUT2D eigenvalue weighted by molar-refractivity contribution is 0.141. The number of aliphatic hydroxyl groups excluding tert-OH is 1. The molecule has 1 atom stereocenters. The van der Waals surface area contributed by atoms with E-state index in [0.29, 0.717) is 12.5 Å². The van der Waals surface area contributed by atoms with Crippen molar-refractivity contribution in [1.82, 2.24) is 9.55 Å². The van der Waals surface area contributed by atoms with E-state index >= 15 is 0 Å². The van der Waals surface area contributed by atoms with E-state index in [2.05, 4.69) is 18.8 Å². The molecule has 0 amide bonds. The van der Waals surface area contributed by atoms with Gasteiger partial charge in [-0.1, -0.05) is 38.8 Å². The van der Waals surface area contributed by atoms with Gasteiger partial charge in [-0.25, -0.2) is 4.98 Å². The van der Waals surface area contributed by atoms with Gasteiger partial charge in [-0.2, -0.15) is 0 Å². The van der Waals surface area contributed by atoms with Gasteiger partial charge in [0.2, 0.25) is 0 Å². The number of aromatic nitrogens is 2. The summed E-state index contributed by atoms with van der Waals surface area (Å²) in [5.41, 5.74) is 2.09. The second-order valence-electron chi connectivity index (χ2n) is 5.36. The Kier molecular flexibility index (Phi) is 4.37. The van der Waals surface area contributed by atoms with Crippen LogP contribution in [0.3, 0.4) is 0 Å². The highest BCUT2D eigenvalue weighted by atomic mass is 16.3. The summed E-state index contributed by atoms with van der Waals surface area (Å²) in [5, 5.41) is 10.0. The number of hydrogen-bond acceptors (Lipinski definition) is 2. The molecule has 98 valence electrons. The maximum atomic E-state index is 10.0. The molecule has 0 aliphatic rings. The second kappa shape index (κ2) is 6.01. The van der Waals surface area contributed by atoms with Gasteiger partial charge >= 0.3 is 0 Å². The summed E-state index contributed by atoms with van der Waals surface area (Å²) < 4.78 is 2.04. The van der Waals surface area contributed by atoms with Crippen molar-refractivity contribution < 1.29 is 5.11 Å². The molecule has 0 fully saturated rings. The van der Waals surface area contributed by atoms with Crippen LogP contribution in [0.4, 0.5) is 0 Å². The van der Waals surface area contributed by atoms with Crippen molar-refractivity contribution in [1.29, 1.82) is 0 Å². The van der Waals surface area contributed by atoms with Crippen LogP contribution >= 0.6 is 0 Å². The third-order valence-electron chi connectivity index (χ3n) is 3.25. The van der Waals surface area contributed by atoms with Gasteiger partial charge in [0.25, 0.3) is 0 Å². The molecule has 0 aliphatic carbocycles. The Morgan fingerprint density at radius 3 is 2.78 bits per heavy atom. The average molecular weight is 246 g/mol. The number of aliphatic hydroxyl groups is 1. The smallest absolute Gasteiger partial charge is 0.0959 e. The Balaban J connectivity index is 1.92. The highest BCUT2D eigenvalue weighted by Crippen LogP contribution is 2.14. The van der Waals surface area contributed by atoms with Gasteiger partial charge in [-0.3, -0.25) is 0 Å². The lowest BCUT2D eigenvalue weighted by Gasteiger charge is -2.12. The lowest BCUT2D eigenvalue weighted by atomic mass is 10.0. The van der Waals surface area contributed by atoms with Crippen LogP contribution in [0, 0.1) is 5.92 Å². The zero-order valence-electron chi connectivity index (χ0n) is 11.2. The monoisotopic (exact) mass is 246 g/mol. The second-order valence-corrected chi connectivity index (χ2v) is 5.36. The van der Waals surface area contributed by atoms with Crippen LogP contribution in [-0.4, -0.2) is 20.8 Å². The van der Waals surface area contributed by atoms with Gasteiger partial charge in [-0.05, 0) is 24.5 Å². The summed E-state index contributed by atoms with van der Waals surface area (Å²) in [6, 6.07) is 8.03. The normalized spacial score (nSPS) is 13.3. The number of nitrogens with zero attached hydrogens (tertiary/aromatic N) is 2. The van der Waals surface area contributed by atoms with Gasteiger partial charge in [0.1, 0.15) is 0 Å². The van der Waals surface area contributed by atoms with Crippen LogP contribution in [-0.2, 0) is 6.54 Å². The molecule has 1 N–H and O–H groups in total. The summed E-state index contributed by atoms with van der Waals surface area (Å²) in [6.45, 7) is 5.07. The zero-order valence-corrected chi connectivity index (χ0v) is 11.2. The summed E-state index contributed by atoms with van der Waals surface area (Å²) in [5.74, 6) is 0.714.